The summed E-state index contributed by atoms with van der Waals surface area (Å²) in [5.74, 6) is 0. The molecule has 122 valence electrons. The number of aryl methyl sites for hydroxylation is 1. The highest BCUT2D eigenvalue weighted by atomic mass is 32.1. The first kappa shape index (κ1) is 15.8. The van der Waals surface area contributed by atoms with Crippen molar-refractivity contribution < 1.29 is 9.53 Å². The summed E-state index contributed by atoms with van der Waals surface area (Å²) in [5, 5.41) is 5.85. The van der Waals surface area contributed by atoms with Crippen LogP contribution < -0.4 is 5.32 Å². The second-order valence-corrected chi connectivity index (χ2v) is 6.20. The Morgan fingerprint density at radius 3 is 3.17 bits per heavy atom. The number of aromatic nitrogens is 3. The lowest BCUT2D eigenvalue weighted by Gasteiger charge is -2.32. The maximum absolute atomic E-state index is 12.3. The van der Waals surface area contributed by atoms with Gasteiger partial charge in [-0.2, -0.15) is 0 Å². The van der Waals surface area contributed by atoms with E-state index in [1.165, 1.54) is 0 Å². The molecule has 1 fully saturated rings. The average molecular weight is 333 g/mol. The highest BCUT2D eigenvalue weighted by Crippen LogP contribution is 2.25. The van der Waals surface area contributed by atoms with Crippen LogP contribution in [0.2, 0.25) is 0 Å². The standard InChI is InChI=1S/C15H19N5O2S/c1-11-10-23-14(19-11)13-9-20(6-7-22-13)15(21)18-3-2-12-8-16-4-5-17-12/h4-5,8,10,13H,2-3,6-7,9H2,1H3,(H,18,21)/t13-/m1/s1. The van der Waals surface area contributed by atoms with E-state index in [0.717, 1.165) is 16.4 Å². The van der Waals surface area contributed by atoms with Gasteiger partial charge in [0.2, 0.25) is 0 Å². The molecule has 2 aromatic rings. The summed E-state index contributed by atoms with van der Waals surface area (Å²) in [7, 11) is 0. The van der Waals surface area contributed by atoms with Gasteiger partial charge in [-0.05, 0) is 6.92 Å². The molecule has 0 bridgehead atoms. The molecular formula is C15H19N5O2S. The van der Waals surface area contributed by atoms with Gasteiger partial charge in [0.05, 0.1) is 18.8 Å². The number of hydrogen-bond acceptors (Lipinski definition) is 6. The second-order valence-electron chi connectivity index (χ2n) is 5.31. The summed E-state index contributed by atoms with van der Waals surface area (Å²) in [5.41, 5.74) is 1.85. The number of nitrogens with one attached hydrogen (secondary N) is 1. The molecule has 0 aromatic carbocycles. The highest BCUT2D eigenvalue weighted by Gasteiger charge is 2.27. The lowest BCUT2D eigenvalue weighted by molar-refractivity contribution is -0.0155. The first-order valence-corrected chi connectivity index (χ1v) is 8.41. The fourth-order valence-corrected chi connectivity index (χ4v) is 3.21. The van der Waals surface area contributed by atoms with Crippen LogP contribution in [0.25, 0.3) is 0 Å². The number of carbonyl (C=O) groups excluding carboxylic acids is 1. The van der Waals surface area contributed by atoms with Gasteiger partial charge >= 0.3 is 6.03 Å². The van der Waals surface area contributed by atoms with E-state index in [9.17, 15) is 4.79 Å². The molecule has 1 atom stereocenters. The molecule has 0 radical (unpaired) electrons. The minimum Gasteiger partial charge on any atom is -0.367 e. The number of thiazole rings is 1. The molecule has 2 aromatic heterocycles. The first-order chi connectivity index (χ1) is 11.2. The summed E-state index contributed by atoms with van der Waals surface area (Å²) < 4.78 is 5.74. The predicted octanol–water partition coefficient (Wildman–Crippen LogP) is 1.57. The molecule has 23 heavy (non-hydrogen) atoms. The number of carbonyl (C=O) groups is 1. The van der Waals surface area contributed by atoms with Gasteiger partial charge in [-0.1, -0.05) is 0 Å². The fourth-order valence-electron chi connectivity index (χ4n) is 2.37. The van der Waals surface area contributed by atoms with Crippen LogP contribution in [0, 0.1) is 6.92 Å². The number of ether oxygens (including phenoxy) is 1. The fraction of sp³-hybridized carbons (Fsp3) is 0.467. The molecule has 0 spiro atoms. The molecular weight excluding hydrogens is 314 g/mol. The lowest BCUT2D eigenvalue weighted by Crippen LogP contribution is -2.47. The van der Waals surface area contributed by atoms with Crippen LogP contribution in [0.3, 0.4) is 0 Å². The monoisotopic (exact) mass is 333 g/mol. The van der Waals surface area contributed by atoms with Crippen LogP contribution in [0.15, 0.2) is 24.0 Å². The van der Waals surface area contributed by atoms with E-state index >= 15 is 0 Å². The van der Waals surface area contributed by atoms with Crippen molar-refractivity contribution in [1.29, 1.82) is 0 Å². The van der Waals surface area contributed by atoms with Crippen molar-refractivity contribution in [2.24, 2.45) is 0 Å². The zero-order valence-corrected chi connectivity index (χ0v) is 13.8. The maximum Gasteiger partial charge on any atom is 0.317 e. The average Bonchev–Trinajstić information content (AvgIpc) is 3.02. The molecule has 1 aliphatic rings. The van der Waals surface area contributed by atoms with Crippen LogP contribution in [0.5, 0.6) is 0 Å². The third kappa shape index (κ3) is 4.23. The van der Waals surface area contributed by atoms with Gasteiger partial charge in [-0.15, -0.1) is 11.3 Å². The van der Waals surface area contributed by atoms with E-state index in [1.807, 2.05) is 12.3 Å². The SMILES string of the molecule is Cc1csc([C@H]2CN(C(=O)NCCc3cnccn3)CCO2)n1. The van der Waals surface area contributed by atoms with E-state index < -0.39 is 0 Å². The quantitative estimate of drug-likeness (QED) is 0.918. The van der Waals surface area contributed by atoms with Gasteiger partial charge < -0.3 is 15.0 Å². The van der Waals surface area contributed by atoms with Crippen molar-refractivity contribution in [1.82, 2.24) is 25.2 Å². The molecule has 1 N–H and O–H groups in total. The number of rotatable bonds is 4. The van der Waals surface area contributed by atoms with Crippen molar-refractivity contribution in [2.75, 3.05) is 26.2 Å². The normalized spacial score (nSPS) is 18.0. The number of hydrogen-bond donors (Lipinski definition) is 1. The van der Waals surface area contributed by atoms with E-state index in [1.54, 1.807) is 34.8 Å². The van der Waals surface area contributed by atoms with Crippen LogP contribution in [-0.2, 0) is 11.2 Å². The highest BCUT2D eigenvalue weighted by molar-refractivity contribution is 7.09. The third-order valence-electron chi connectivity index (χ3n) is 3.54. The Hall–Kier alpha value is -2.06. The van der Waals surface area contributed by atoms with E-state index in [0.29, 0.717) is 32.7 Å². The van der Waals surface area contributed by atoms with Crippen LogP contribution in [0.1, 0.15) is 22.5 Å². The second kappa shape index (κ2) is 7.47. The largest absolute Gasteiger partial charge is 0.367 e. The smallest absolute Gasteiger partial charge is 0.317 e. The van der Waals surface area contributed by atoms with E-state index in [4.69, 9.17) is 4.74 Å². The molecule has 2 amide bonds. The first-order valence-electron chi connectivity index (χ1n) is 7.53. The molecule has 0 saturated carbocycles. The number of morpholine rings is 1. The van der Waals surface area contributed by atoms with Crippen molar-refractivity contribution in [2.45, 2.75) is 19.4 Å². The third-order valence-corrected chi connectivity index (χ3v) is 4.59. The Bertz CT molecular complexity index is 648. The number of nitrogens with zero attached hydrogens (tertiary/aromatic N) is 4. The molecule has 7 nitrogen and oxygen atoms in total. The van der Waals surface area contributed by atoms with Crippen molar-refractivity contribution in [3.63, 3.8) is 0 Å². The van der Waals surface area contributed by atoms with E-state index in [2.05, 4.69) is 20.3 Å². The molecule has 1 saturated heterocycles. The number of urea groups is 1. The molecule has 8 heteroatoms. The minimum atomic E-state index is -0.131. The minimum absolute atomic E-state index is 0.0736. The zero-order valence-electron chi connectivity index (χ0n) is 12.9. The molecule has 0 unspecified atom stereocenters. The molecule has 0 aliphatic carbocycles. The van der Waals surface area contributed by atoms with Crippen LogP contribution >= 0.6 is 11.3 Å². The van der Waals surface area contributed by atoms with Gasteiger partial charge in [0.1, 0.15) is 11.1 Å². The van der Waals surface area contributed by atoms with Crippen LogP contribution in [-0.4, -0.2) is 52.1 Å². The van der Waals surface area contributed by atoms with E-state index in [-0.39, 0.29) is 12.1 Å². The zero-order chi connectivity index (χ0) is 16.1. The Kier molecular flexibility index (Phi) is 5.14. The predicted molar refractivity (Wildman–Crippen MR) is 86.3 cm³/mol. The van der Waals surface area contributed by atoms with Gasteiger partial charge in [0, 0.05) is 49.2 Å². The lowest BCUT2D eigenvalue weighted by atomic mass is 10.3. The molecule has 3 rings (SSSR count). The van der Waals surface area contributed by atoms with Crippen molar-refractivity contribution >= 4 is 17.4 Å². The Balaban J connectivity index is 1.49. The maximum atomic E-state index is 12.3. The Morgan fingerprint density at radius 2 is 2.43 bits per heavy atom. The number of amides is 2. The van der Waals surface area contributed by atoms with Crippen LogP contribution in [0.4, 0.5) is 4.79 Å². The van der Waals surface area contributed by atoms with Gasteiger partial charge in [0.25, 0.3) is 0 Å². The Labute approximate surface area is 138 Å². The van der Waals surface area contributed by atoms with Crippen molar-refractivity contribution in [3.05, 3.63) is 40.4 Å². The summed E-state index contributed by atoms with van der Waals surface area (Å²) in [6.07, 6.45) is 5.53. The summed E-state index contributed by atoms with van der Waals surface area (Å²) in [6, 6.07) is -0.0736. The molecule has 3 heterocycles. The van der Waals surface area contributed by atoms with Gasteiger partial charge in [-0.3, -0.25) is 9.97 Å². The summed E-state index contributed by atoms with van der Waals surface area (Å²) in [4.78, 5) is 26.7. The summed E-state index contributed by atoms with van der Waals surface area (Å²) in [6.45, 7) is 4.15. The Morgan fingerprint density at radius 1 is 1.52 bits per heavy atom. The summed E-state index contributed by atoms with van der Waals surface area (Å²) >= 11 is 1.58. The van der Waals surface area contributed by atoms with Gasteiger partial charge in [0.15, 0.2) is 0 Å². The van der Waals surface area contributed by atoms with Crippen molar-refractivity contribution in [3.8, 4) is 0 Å². The van der Waals surface area contributed by atoms with Gasteiger partial charge in [-0.25, -0.2) is 9.78 Å². The molecule has 1 aliphatic heterocycles. The topological polar surface area (TPSA) is 80.2 Å².